The van der Waals surface area contributed by atoms with Crippen LogP contribution in [0.1, 0.15) is 11.1 Å². The molecule has 1 aliphatic rings. The maximum Gasteiger partial charge on any atom is 0.407 e. The molecule has 0 saturated heterocycles. The summed E-state index contributed by atoms with van der Waals surface area (Å²) < 4.78 is 41.3. The number of rotatable bonds is 8. The zero-order valence-corrected chi connectivity index (χ0v) is 16.8. The van der Waals surface area contributed by atoms with E-state index in [4.69, 9.17) is 13.7 Å². The van der Waals surface area contributed by atoms with Crippen LogP contribution in [0.5, 0.6) is 0 Å². The lowest BCUT2D eigenvalue weighted by Crippen LogP contribution is -2.41. The molecule has 1 N–H and O–H groups in total. The molecule has 0 radical (unpaired) electrons. The highest BCUT2D eigenvalue weighted by molar-refractivity contribution is 7.86. The summed E-state index contributed by atoms with van der Waals surface area (Å²) in [6, 6.07) is 15.6. The zero-order valence-electron chi connectivity index (χ0n) is 16.0. The highest BCUT2D eigenvalue weighted by Crippen LogP contribution is 2.19. The van der Waals surface area contributed by atoms with Gasteiger partial charge < -0.3 is 14.8 Å². The molecule has 0 fully saturated rings. The number of hydrogen-bond acceptors (Lipinski definition) is 6. The molecule has 3 rings (SSSR count). The first kappa shape index (κ1) is 21.0. The molecule has 154 valence electrons. The number of aryl methyl sites for hydroxylation is 1. The molecule has 0 bridgehead atoms. The lowest BCUT2D eigenvalue weighted by molar-refractivity contribution is 0.0302. The Bertz CT molecular complexity index is 941. The van der Waals surface area contributed by atoms with Crippen molar-refractivity contribution in [3.8, 4) is 0 Å². The SMILES string of the molecule is Cc1ccc(S(=O)(=O)O[C@H](CNC(=O)OCc2ccccc2)[C@@H]2C=CCO2)cc1. The summed E-state index contributed by atoms with van der Waals surface area (Å²) in [5.74, 6) is 0. The second kappa shape index (κ2) is 9.69. The first-order valence-electron chi connectivity index (χ1n) is 9.17. The molecule has 1 heterocycles. The summed E-state index contributed by atoms with van der Waals surface area (Å²) in [4.78, 5) is 12.1. The van der Waals surface area contributed by atoms with Crippen molar-refractivity contribution in [1.29, 1.82) is 0 Å². The molecule has 29 heavy (non-hydrogen) atoms. The van der Waals surface area contributed by atoms with E-state index in [0.717, 1.165) is 11.1 Å². The third-order valence-corrected chi connectivity index (χ3v) is 5.65. The molecule has 0 aromatic heterocycles. The van der Waals surface area contributed by atoms with Gasteiger partial charge in [0.05, 0.1) is 18.0 Å². The van der Waals surface area contributed by atoms with Crippen LogP contribution in [0.3, 0.4) is 0 Å². The van der Waals surface area contributed by atoms with Crippen LogP contribution in [-0.2, 0) is 30.4 Å². The van der Waals surface area contributed by atoms with Gasteiger partial charge in [0.2, 0.25) is 0 Å². The molecule has 2 aromatic carbocycles. The minimum Gasteiger partial charge on any atom is -0.445 e. The van der Waals surface area contributed by atoms with Crippen LogP contribution < -0.4 is 5.32 Å². The Labute approximate surface area is 170 Å². The predicted molar refractivity (Wildman–Crippen MR) is 107 cm³/mol. The van der Waals surface area contributed by atoms with E-state index >= 15 is 0 Å². The van der Waals surface area contributed by atoms with E-state index in [1.54, 1.807) is 24.3 Å². The van der Waals surface area contributed by atoms with E-state index in [2.05, 4.69) is 5.32 Å². The van der Waals surface area contributed by atoms with Gasteiger partial charge in [-0.15, -0.1) is 0 Å². The largest absolute Gasteiger partial charge is 0.445 e. The number of ether oxygens (including phenoxy) is 2. The Balaban J connectivity index is 1.60. The number of carbonyl (C=O) groups is 1. The van der Waals surface area contributed by atoms with Crippen LogP contribution in [0.15, 0.2) is 71.6 Å². The first-order valence-corrected chi connectivity index (χ1v) is 10.6. The molecule has 0 aliphatic carbocycles. The lowest BCUT2D eigenvalue weighted by atomic mass is 10.2. The Morgan fingerprint density at radius 1 is 1.17 bits per heavy atom. The predicted octanol–water partition coefficient (Wildman–Crippen LogP) is 2.95. The summed E-state index contributed by atoms with van der Waals surface area (Å²) in [5, 5.41) is 2.55. The smallest absolute Gasteiger partial charge is 0.407 e. The van der Waals surface area contributed by atoms with E-state index in [1.165, 1.54) is 12.1 Å². The van der Waals surface area contributed by atoms with Crippen molar-refractivity contribution in [2.45, 2.75) is 30.6 Å². The summed E-state index contributed by atoms with van der Waals surface area (Å²) in [7, 11) is -4.02. The molecular formula is C21H23NO6S. The number of amides is 1. The number of nitrogens with one attached hydrogen (secondary N) is 1. The number of hydrogen-bond donors (Lipinski definition) is 1. The van der Waals surface area contributed by atoms with E-state index in [9.17, 15) is 13.2 Å². The van der Waals surface area contributed by atoms with Gasteiger partial charge in [-0.1, -0.05) is 60.2 Å². The van der Waals surface area contributed by atoms with Crippen molar-refractivity contribution in [2.75, 3.05) is 13.2 Å². The van der Waals surface area contributed by atoms with Gasteiger partial charge in [0.25, 0.3) is 10.1 Å². The Morgan fingerprint density at radius 3 is 2.55 bits per heavy atom. The fourth-order valence-electron chi connectivity index (χ4n) is 2.73. The highest BCUT2D eigenvalue weighted by atomic mass is 32.2. The van der Waals surface area contributed by atoms with Crippen LogP contribution in [0.4, 0.5) is 4.79 Å². The average molecular weight is 417 g/mol. The number of alkyl carbamates (subject to hydrolysis) is 1. The monoisotopic (exact) mass is 417 g/mol. The van der Waals surface area contributed by atoms with Gasteiger partial charge in [-0.05, 0) is 24.6 Å². The van der Waals surface area contributed by atoms with Crippen LogP contribution in [0.2, 0.25) is 0 Å². The van der Waals surface area contributed by atoms with Gasteiger partial charge in [0.15, 0.2) is 0 Å². The molecule has 2 atom stereocenters. The van der Waals surface area contributed by atoms with Crippen molar-refractivity contribution in [2.24, 2.45) is 0 Å². The van der Waals surface area contributed by atoms with Gasteiger partial charge in [0.1, 0.15) is 18.8 Å². The van der Waals surface area contributed by atoms with Crippen LogP contribution in [0, 0.1) is 6.92 Å². The van der Waals surface area contributed by atoms with Gasteiger partial charge >= 0.3 is 6.09 Å². The minimum atomic E-state index is -4.02. The van der Waals surface area contributed by atoms with Crippen LogP contribution in [0.25, 0.3) is 0 Å². The van der Waals surface area contributed by atoms with Gasteiger partial charge in [0, 0.05) is 0 Å². The fraction of sp³-hybridized carbons (Fsp3) is 0.286. The van der Waals surface area contributed by atoms with Crippen LogP contribution in [-0.4, -0.2) is 39.9 Å². The highest BCUT2D eigenvalue weighted by Gasteiger charge is 2.30. The molecule has 7 nitrogen and oxygen atoms in total. The summed E-state index contributed by atoms with van der Waals surface area (Å²) in [6.07, 6.45) is 1.30. The molecule has 1 aliphatic heterocycles. The minimum absolute atomic E-state index is 0.0433. The maximum atomic E-state index is 12.6. The topological polar surface area (TPSA) is 90.9 Å². The van der Waals surface area contributed by atoms with Gasteiger partial charge in [-0.2, -0.15) is 8.42 Å². The fourth-order valence-corrected chi connectivity index (χ4v) is 3.81. The summed E-state index contributed by atoms with van der Waals surface area (Å²) >= 11 is 0. The standard InChI is InChI=1S/C21H23NO6S/c1-16-9-11-18(12-10-16)29(24,25)28-20(19-8-5-13-26-19)14-22-21(23)27-15-17-6-3-2-4-7-17/h2-12,19-20H,13-15H2,1H3,(H,22,23)/t19-,20+/m0/s1. The number of carbonyl (C=O) groups excluding carboxylic acids is 1. The molecule has 0 saturated carbocycles. The van der Waals surface area contributed by atoms with E-state index in [-0.39, 0.29) is 18.0 Å². The Hall–Kier alpha value is -2.68. The van der Waals surface area contributed by atoms with E-state index < -0.39 is 28.4 Å². The normalized spacial score (nSPS) is 17.1. The van der Waals surface area contributed by atoms with E-state index in [1.807, 2.05) is 37.3 Å². The molecule has 1 amide bonds. The zero-order chi connectivity index (χ0) is 20.7. The molecular weight excluding hydrogens is 394 g/mol. The van der Waals surface area contributed by atoms with Crippen molar-refractivity contribution in [1.82, 2.24) is 5.32 Å². The number of benzene rings is 2. The van der Waals surface area contributed by atoms with Crippen molar-refractivity contribution >= 4 is 16.2 Å². The van der Waals surface area contributed by atoms with Crippen molar-refractivity contribution in [3.63, 3.8) is 0 Å². The molecule has 8 heteroatoms. The summed E-state index contributed by atoms with van der Waals surface area (Å²) in [6.45, 7) is 2.24. The van der Waals surface area contributed by atoms with Gasteiger partial charge in [-0.25, -0.2) is 4.79 Å². The Kier molecular flexibility index (Phi) is 7.03. The quantitative estimate of drug-likeness (QED) is 0.525. The second-order valence-corrected chi connectivity index (χ2v) is 8.14. The molecule has 0 spiro atoms. The summed E-state index contributed by atoms with van der Waals surface area (Å²) in [5.41, 5.74) is 1.78. The molecule has 0 unspecified atom stereocenters. The van der Waals surface area contributed by atoms with Gasteiger partial charge in [-0.3, -0.25) is 4.18 Å². The molecule has 2 aromatic rings. The Morgan fingerprint density at radius 2 is 1.90 bits per heavy atom. The average Bonchev–Trinajstić information content (AvgIpc) is 3.25. The van der Waals surface area contributed by atoms with Crippen LogP contribution >= 0.6 is 0 Å². The first-order chi connectivity index (χ1) is 13.9. The maximum absolute atomic E-state index is 12.6. The third kappa shape index (κ3) is 6.15. The van der Waals surface area contributed by atoms with Crippen molar-refractivity contribution < 1.29 is 26.9 Å². The lowest BCUT2D eigenvalue weighted by Gasteiger charge is -2.22. The van der Waals surface area contributed by atoms with E-state index in [0.29, 0.717) is 6.61 Å². The third-order valence-electron chi connectivity index (χ3n) is 4.30. The second-order valence-electron chi connectivity index (χ2n) is 6.57. The van der Waals surface area contributed by atoms with Crippen molar-refractivity contribution in [3.05, 3.63) is 77.9 Å².